The largest absolute Gasteiger partial charge is 0.303 e. The van der Waals surface area contributed by atoms with Crippen molar-refractivity contribution in [1.29, 1.82) is 0 Å². The van der Waals surface area contributed by atoms with Gasteiger partial charge in [0.25, 0.3) is 5.69 Å². The third-order valence-electron chi connectivity index (χ3n) is 6.39. The van der Waals surface area contributed by atoms with E-state index in [1.807, 2.05) is 31.2 Å². The van der Waals surface area contributed by atoms with Gasteiger partial charge in [0, 0.05) is 32.0 Å². The summed E-state index contributed by atoms with van der Waals surface area (Å²) in [6.07, 6.45) is 3.21. The molecule has 0 aliphatic carbocycles. The van der Waals surface area contributed by atoms with Gasteiger partial charge in [-0.1, -0.05) is 48.9 Å². The molecule has 1 saturated heterocycles. The first-order valence-corrected chi connectivity index (χ1v) is 11.3. The average Bonchev–Trinajstić information content (AvgIpc) is 3.23. The quantitative estimate of drug-likeness (QED) is 0.487. The van der Waals surface area contributed by atoms with E-state index in [4.69, 9.17) is 5.10 Å². The molecule has 168 valence electrons. The summed E-state index contributed by atoms with van der Waals surface area (Å²) in [5, 5.41) is 17.9. The molecule has 2 aromatic rings. The highest BCUT2D eigenvalue weighted by Crippen LogP contribution is 2.37. The number of hydrazone groups is 1. The van der Waals surface area contributed by atoms with Crippen LogP contribution in [0, 0.1) is 23.0 Å². The smallest absolute Gasteiger partial charge is 0.274 e. The Labute approximate surface area is 188 Å². The van der Waals surface area contributed by atoms with E-state index in [0.717, 1.165) is 36.3 Å². The number of nitrogens with zero attached hydrogens (tertiary/aromatic N) is 4. The van der Waals surface area contributed by atoms with Gasteiger partial charge in [-0.15, -0.1) is 0 Å². The first-order chi connectivity index (χ1) is 15.4. The summed E-state index contributed by atoms with van der Waals surface area (Å²) >= 11 is 0. The normalized spacial score (nSPS) is 21.4. The molecule has 0 N–H and O–H groups in total. The lowest BCUT2D eigenvalue weighted by Crippen LogP contribution is -2.37. The predicted molar refractivity (Wildman–Crippen MR) is 124 cm³/mol. The first kappa shape index (κ1) is 22.1. The highest BCUT2D eigenvalue weighted by atomic mass is 16.6. The lowest BCUT2D eigenvalue weighted by atomic mass is 9.96. The fraction of sp³-hybridized carbons (Fsp3) is 0.440. The Morgan fingerprint density at radius 1 is 1.22 bits per heavy atom. The number of nitro benzene ring substituents is 1. The maximum Gasteiger partial charge on any atom is 0.274 e. The third kappa shape index (κ3) is 4.88. The molecule has 1 amide bonds. The van der Waals surface area contributed by atoms with Crippen molar-refractivity contribution in [2.24, 2.45) is 11.0 Å². The number of rotatable bonds is 6. The molecular weight excluding hydrogens is 404 g/mol. The molecule has 0 bridgehead atoms. The van der Waals surface area contributed by atoms with Crippen LogP contribution >= 0.6 is 0 Å². The summed E-state index contributed by atoms with van der Waals surface area (Å²) in [7, 11) is 0. The number of para-hydroxylation sites is 1. The third-order valence-corrected chi connectivity index (χ3v) is 6.39. The van der Waals surface area contributed by atoms with Gasteiger partial charge in [0.1, 0.15) is 0 Å². The van der Waals surface area contributed by atoms with Crippen molar-refractivity contribution >= 4 is 17.3 Å². The summed E-state index contributed by atoms with van der Waals surface area (Å²) in [5.41, 5.74) is 3.41. The summed E-state index contributed by atoms with van der Waals surface area (Å²) in [6, 6.07) is 14.2. The van der Waals surface area contributed by atoms with Crippen molar-refractivity contribution in [3.05, 3.63) is 75.3 Å². The molecule has 7 heteroatoms. The molecule has 2 aromatic carbocycles. The standard InChI is InChI=1S/C25H30N4O3/c1-18-7-5-9-20(15-18)22-16-24(21-10-3-4-11-23(21)29(31)32)28(26-22)25(30)12-14-27-13-6-8-19(2)17-27/h3-5,7,9-11,15,19,24H,6,8,12-14,16-17H2,1-2H3. The lowest BCUT2D eigenvalue weighted by Gasteiger charge is -2.31. The van der Waals surface area contributed by atoms with Crippen LogP contribution in [0.4, 0.5) is 5.69 Å². The molecular formula is C25H30N4O3. The fourth-order valence-corrected chi connectivity index (χ4v) is 4.78. The monoisotopic (exact) mass is 434 g/mol. The van der Waals surface area contributed by atoms with Crippen LogP contribution in [0.25, 0.3) is 0 Å². The van der Waals surface area contributed by atoms with Crippen LogP contribution in [-0.2, 0) is 4.79 Å². The van der Waals surface area contributed by atoms with Gasteiger partial charge in [-0.25, -0.2) is 5.01 Å². The van der Waals surface area contributed by atoms with Crippen LogP contribution in [0.2, 0.25) is 0 Å². The van der Waals surface area contributed by atoms with Gasteiger partial charge in [-0.3, -0.25) is 14.9 Å². The molecule has 1 fully saturated rings. The Kier molecular flexibility index (Phi) is 6.65. The predicted octanol–water partition coefficient (Wildman–Crippen LogP) is 4.70. The number of aryl methyl sites for hydroxylation is 1. The number of piperidine rings is 1. The number of carbonyl (C=O) groups excluding carboxylic acids is 1. The van der Waals surface area contributed by atoms with Crippen LogP contribution in [0.3, 0.4) is 0 Å². The van der Waals surface area contributed by atoms with Gasteiger partial charge in [-0.05, 0) is 43.9 Å². The summed E-state index contributed by atoms with van der Waals surface area (Å²) in [5.74, 6) is 0.560. The van der Waals surface area contributed by atoms with Gasteiger partial charge >= 0.3 is 0 Å². The summed E-state index contributed by atoms with van der Waals surface area (Å²) in [6.45, 7) is 6.98. The number of amides is 1. The van der Waals surface area contributed by atoms with E-state index >= 15 is 0 Å². The van der Waals surface area contributed by atoms with Crippen molar-refractivity contribution in [2.75, 3.05) is 19.6 Å². The van der Waals surface area contributed by atoms with Crippen molar-refractivity contribution in [3.8, 4) is 0 Å². The Balaban J connectivity index is 1.60. The molecule has 4 rings (SSSR count). The van der Waals surface area contributed by atoms with E-state index in [0.29, 0.717) is 30.9 Å². The molecule has 2 aliphatic rings. The molecule has 2 atom stereocenters. The SMILES string of the molecule is Cc1cccc(C2=NN(C(=O)CCN3CCCC(C)C3)C(c3ccccc3[N+](=O)[O-])C2)c1. The zero-order valence-electron chi connectivity index (χ0n) is 18.7. The number of nitro groups is 1. The zero-order chi connectivity index (χ0) is 22.7. The molecule has 2 heterocycles. The van der Waals surface area contributed by atoms with E-state index in [-0.39, 0.29) is 16.5 Å². The number of benzene rings is 2. The highest BCUT2D eigenvalue weighted by Gasteiger charge is 2.36. The van der Waals surface area contributed by atoms with Crippen molar-refractivity contribution in [2.45, 2.75) is 45.6 Å². The lowest BCUT2D eigenvalue weighted by molar-refractivity contribution is -0.385. The van der Waals surface area contributed by atoms with Crippen LogP contribution < -0.4 is 0 Å². The van der Waals surface area contributed by atoms with Crippen molar-refractivity contribution in [3.63, 3.8) is 0 Å². The number of hydrogen-bond acceptors (Lipinski definition) is 5. The molecule has 7 nitrogen and oxygen atoms in total. The molecule has 2 unspecified atom stereocenters. The molecule has 0 saturated carbocycles. The fourth-order valence-electron chi connectivity index (χ4n) is 4.78. The van der Waals surface area contributed by atoms with Crippen LogP contribution in [-0.4, -0.2) is 46.1 Å². The Bertz CT molecular complexity index is 1040. The Morgan fingerprint density at radius 2 is 2.03 bits per heavy atom. The highest BCUT2D eigenvalue weighted by molar-refractivity contribution is 6.03. The minimum Gasteiger partial charge on any atom is -0.303 e. The van der Waals surface area contributed by atoms with Crippen LogP contribution in [0.15, 0.2) is 53.6 Å². The second-order valence-corrected chi connectivity index (χ2v) is 8.99. The molecule has 0 aromatic heterocycles. The molecule has 2 aliphatic heterocycles. The number of hydrogen-bond donors (Lipinski definition) is 0. The van der Waals surface area contributed by atoms with Gasteiger partial charge in [0.15, 0.2) is 0 Å². The zero-order valence-corrected chi connectivity index (χ0v) is 18.7. The summed E-state index contributed by atoms with van der Waals surface area (Å²) in [4.78, 5) is 26.9. The average molecular weight is 435 g/mol. The van der Waals surface area contributed by atoms with Crippen molar-refractivity contribution < 1.29 is 9.72 Å². The number of likely N-dealkylation sites (tertiary alicyclic amines) is 1. The topological polar surface area (TPSA) is 79.0 Å². The summed E-state index contributed by atoms with van der Waals surface area (Å²) < 4.78 is 0. The minimum atomic E-state index is -0.472. The Morgan fingerprint density at radius 3 is 2.78 bits per heavy atom. The minimum absolute atomic E-state index is 0.0286. The van der Waals surface area contributed by atoms with E-state index < -0.39 is 6.04 Å². The Hall–Kier alpha value is -3.06. The van der Waals surface area contributed by atoms with Gasteiger partial charge in [0.2, 0.25) is 5.91 Å². The van der Waals surface area contributed by atoms with Crippen LogP contribution in [0.5, 0.6) is 0 Å². The van der Waals surface area contributed by atoms with E-state index in [1.54, 1.807) is 18.2 Å². The van der Waals surface area contributed by atoms with E-state index in [1.165, 1.54) is 17.5 Å². The molecule has 32 heavy (non-hydrogen) atoms. The molecule has 0 radical (unpaired) electrons. The van der Waals surface area contributed by atoms with E-state index in [2.05, 4.69) is 11.8 Å². The maximum absolute atomic E-state index is 13.3. The van der Waals surface area contributed by atoms with Gasteiger partial charge in [-0.2, -0.15) is 5.10 Å². The van der Waals surface area contributed by atoms with Gasteiger partial charge in [0.05, 0.1) is 22.2 Å². The van der Waals surface area contributed by atoms with Gasteiger partial charge < -0.3 is 4.90 Å². The first-order valence-electron chi connectivity index (χ1n) is 11.3. The second kappa shape index (κ2) is 9.61. The van der Waals surface area contributed by atoms with E-state index in [9.17, 15) is 14.9 Å². The van der Waals surface area contributed by atoms with Crippen molar-refractivity contribution in [1.82, 2.24) is 9.91 Å². The van der Waals surface area contributed by atoms with Crippen LogP contribution in [0.1, 0.15) is 55.3 Å². The maximum atomic E-state index is 13.3. The second-order valence-electron chi connectivity index (χ2n) is 8.99. The molecule has 0 spiro atoms. The number of carbonyl (C=O) groups is 1.